The molecule has 0 radical (unpaired) electrons. The predicted octanol–water partition coefficient (Wildman–Crippen LogP) is 0.798. The molecule has 2 unspecified atom stereocenters. The summed E-state index contributed by atoms with van der Waals surface area (Å²) in [7, 11) is 3.20. The van der Waals surface area contributed by atoms with Gasteiger partial charge in [0.15, 0.2) is 0 Å². The Morgan fingerprint density at radius 2 is 1.84 bits per heavy atom. The first-order chi connectivity index (χ1) is 14.9. The lowest BCUT2D eigenvalue weighted by molar-refractivity contribution is -0.559. The molecule has 9 nitrogen and oxygen atoms in total. The Bertz CT molecular complexity index is 1060. The monoisotopic (exact) mass is 422 g/mol. The second kappa shape index (κ2) is 7.26. The summed E-state index contributed by atoms with van der Waals surface area (Å²) >= 11 is 0. The molecule has 5 rings (SSSR count). The van der Waals surface area contributed by atoms with Gasteiger partial charge in [0.2, 0.25) is 11.9 Å². The van der Waals surface area contributed by atoms with E-state index in [1.165, 1.54) is 28.0 Å². The van der Waals surface area contributed by atoms with Gasteiger partial charge < -0.3 is 0 Å². The van der Waals surface area contributed by atoms with E-state index >= 15 is 0 Å². The van der Waals surface area contributed by atoms with E-state index in [1.807, 2.05) is 23.4 Å². The van der Waals surface area contributed by atoms with Crippen LogP contribution in [0.2, 0.25) is 0 Å². The first-order valence-electron chi connectivity index (χ1n) is 10.8. The number of hydrogen-bond acceptors (Lipinski definition) is 6. The number of hydrogen-bond donors (Lipinski definition) is 0. The van der Waals surface area contributed by atoms with Crippen molar-refractivity contribution in [3.63, 3.8) is 0 Å². The van der Waals surface area contributed by atoms with Gasteiger partial charge in [0.1, 0.15) is 12.6 Å². The molecule has 3 amide bonds. The highest BCUT2D eigenvalue weighted by atomic mass is 16.2. The molecule has 1 fully saturated rings. The number of aliphatic imine (C=N–C) groups is 1. The fourth-order valence-electron chi connectivity index (χ4n) is 4.79. The van der Waals surface area contributed by atoms with E-state index in [1.54, 1.807) is 7.05 Å². The molecule has 1 aromatic rings. The zero-order valence-corrected chi connectivity index (χ0v) is 18.4. The Labute approximate surface area is 181 Å². The molecule has 0 saturated carbocycles. The molecule has 2 atom stereocenters. The summed E-state index contributed by atoms with van der Waals surface area (Å²) in [6.07, 6.45) is 1.05. The molecule has 0 aliphatic carbocycles. The Hall–Kier alpha value is -3.07. The number of fused-ring (bicyclic) bond motifs is 3. The second-order valence-corrected chi connectivity index (χ2v) is 8.65. The zero-order chi connectivity index (χ0) is 21.9. The predicted molar refractivity (Wildman–Crippen MR) is 117 cm³/mol. The normalized spacial score (nSPS) is 26.0. The standard InChI is InChI=1S/C22H28N7O2/c1-14-15(2)29-18-19(25(3)22(31)26(4)20(18)30)23-21(29)28(24-14)12-11-27-10-9-16-7-5-6-8-17(16)13-27/h5-8,15,18H,9-13H2,1-4H3/q+1. The molecule has 0 N–H and O–H groups in total. The van der Waals surface area contributed by atoms with Crippen LogP contribution in [-0.2, 0) is 17.8 Å². The second-order valence-electron chi connectivity index (χ2n) is 8.65. The summed E-state index contributed by atoms with van der Waals surface area (Å²) in [6.45, 7) is 7.47. The topological polar surface area (TPSA) is 74.8 Å². The number of rotatable bonds is 3. The average Bonchev–Trinajstić information content (AvgIpc) is 3.19. The quantitative estimate of drug-likeness (QED) is 0.676. The highest BCUT2D eigenvalue weighted by Gasteiger charge is 2.55. The van der Waals surface area contributed by atoms with Gasteiger partial charge in [0.25, 0.3) is 5.91 Å². The number of guanidine groups is 1. The van der Waals surface area contributed by atoms with Crippen LogP contribution in [0.5, 0.6) is 0 Å². The third-order valence-electron chi connectivity index (χ3n) is 6.82. The van der Waals surface area contributed by atoms with Crippen LogP contribution in [0.25, 0.3) is 0 Å². The number of nitrogens with zero attached hydrogens (tertiary/aromatic N) is 7. The fourth-order valence-corrected chi connectivity index (χ4v) is 4.79. The number of urea groups is 1. The van der Waals surface area contributed by atoms with E-state index in [9.17, 15) is 9.59 Å². The lowest BCUT2D eigenvalue weighted by Gasteiger charge is -2.34. The van der Waals surface area contributed by atoms with Crippen molar-refractivity contribution in [3.05, 3.63) is 35.4 Å². The molecule has 1 saturated heterocycles. The van der Waals surface area contributed by atoms with E-state index in [4.69, 9.17) is 10.1 Å². The van der Waals surface area contributed by atoms with Gasteiger partial charge in [0.05, 0.1) is 5.71 Å². The number of hydrazone groups is 1. The zero-order valence-electron chi connectivity index (χ0n) is 18.4. The van der Waals surface area contributed by atoms with E-state index < -0.39 is 6.04 Å². The number of likely N-dealkylation sites (N-methyl/N-ethyl adjacent to an activating group) is 2. The van der Waals surface area contributed by atoms with Crippen LogP contribution in [0.3, 0.4) is 0 Å². The molecular weight excluding hydrogens is 394 g/mol. The van der Waals surface area contributed by atoms with Gasteiger partial charge in [-0.3, -0.25) is 19.5 Å². The Morgan fingerprint density at radius 1 is 1.10 bits per heavy atom. The molecule has 4 aliphatic heterocycles. The molecule has 162 valence electrons. The van der Waals surface area contributed by atoms with Crippen LogP contribution in [0.15, 0.2) is 34.4 Å². The van der Waals surface area contributed by atoms with Crippen LogP contribution < -0.4 is 0 Å². The van der Waals surface area contributed by atoms with Crippen LogP contribution >= 0.6 is 0 Å². The maximum Gasteiger partial charge on any atom is 0.416 e. The lowest BCUT2D eigenvalue weighted by atomic mass is 10.00. The SMILES string of the molecule is CC1=NN(CCN2CCc3ccccc3C2)C2=[N+](C1C)C1C(=O)N(C)C(=O)N(C)C1=N2. The van der Waals surface area contributed by atoms with Gasteiger partial charge in [0, 0.05) is 33.7 Å². The summed E-state index contributed by atoms with van der Waals surface area (Å²) in [6, 6.07) is 7.59. The molecular formula is C22H28N7O2+. The minimum absolute atomic E-state index is 0.0710. The van der Waals surface area contributed by atoms with E-state index in [0.29, 0.717) is 18.3 Å². The smallest absolute Gasteiger partial charge is 0.295 e. The molecule has 0 bridgehead atoms. The molecule has 1 aromatic carbocycles. The van der Waals surface area contributed by atoms with Crippen LogP contribution in [0, 0.1) is 0 Å². The maximum atomic E-state index is 13.0. The third kappa shape index (κ3) is 3.06. The van der Waals surface area contributed by atoms with Crippen molar-refractivity contribution in [2.24, 2.45) is 10.1 Å². The van der Waals surface area contributed by atoms with Crippen molar-refractivity contribution >= 4 is 29.4 Å². The van der Waals surface area contributed by atoms with E-state index in [2.05, 4.69) is 29.2 Å². The molecule has 4 aliphatic rings. The first-order valence-corrected chi connectivity index (χ1v) is 10.8. The summed E-state index contributed by atoms with van der Waals surface area (Å²) in [4.78, 5) is 35.2. The number of carbonyl (C=O) groups is 2. The van der Waals surface area contributed by atoms with Gasteiger partial charge >= 0.3 is 12.0 Å². The lowest BCUT2D eigenvalue weighted by Crippen LogP contribution is -2.63. The van der Waals surface area contributed by atoms with Crippen molar-refractivity contribution in [2.75, 3.05) is 33.7 Å². The molecule has 31 heavy (non-hydrogen) atoms. The number of imide groups is 1. The van der Waals surface area contributed by atoms with Gasteiger partial charge in [-0.05, 0) is 31.4 Å². The summed E-state index contributed by atoms with van der Waals surface area (Å²) in [5, 5.41) is 6.69. The highest BCUT2D eigenvalue weighted by Crippen LogP contribution is 2.25. The Kier molecular flexibility index (Phi) is 4.65. The largest absolute Gasteiger partial charge is 0.416 e. The van der Waals surface area contributed by atoms with Crippen molar-refractivity contribution in [1.29, 1.82) is 0 Å². The molecule has 0 spiro atoms. The van der Waals surface area contributed by atoms with Crippen molar-refractivity contribution in [3.8, 4) is 0 Å². The maximum absolute atomic E-state index is 13.0. The Morgan fingerprint density at radius 3 is 2.61 bits per heavy atom. The first kappa shape index (κ1) is 19.9. The number of amides is 3. The summed E-state index contributed by atoms with van der Waals surface area (Å²) in [5.41, 5.74) is 3.75. The highest BCUT2D eigenvalue weighted by molar-refractivity contribution is 6.23. The van der Waals surface area contributed by atoms with Crippen LogP contribution in [0.1, 0.15) is 25.0 Å². The van der Waals surface area contributed by atoms with E-state index in [0.717, 1.165) is 31.8 Å². The molecule has 0 aromatic heterocycles. The van der Waals surface area contributed by atoms with Crippen molar-refractivity contribution in [1.82, 2.24) is 19.7 Å². The van der Waals surface area contributed by atoms with E-state index in [-0.39, 0.29) is 18.0 Å². The minimum atomic E-state index is -0.590. The summed E-state index contributed by atoms with van der Waals surface area (Å²) < 4.78 is 2.00. The van der Waals surface area contributed by atoms with Crippen LogP contribution in [0.4, 0.5) is 4.79 Å². The molecule has 9 heteroatoms. The number of carbonyl (C=O) groups excluding carboxylic acids is 2. The average molecular weight is 423 g/mol. The van der Waals surface area contributed by atoms with Gasteiger partial charge in [-0.25, -0.2) is 9.37 Å². The van der Waals surface area contributed by atoms with Crippen LogP contribution in [-0.4, -0.2) is 99.5 Å². The van der Waals surface area contributed by atoms with Gasteiger partial charge in [-0.15, -0.1) is 10.1 Å². The van der Waals surface area contributed by atoms with Crippen molar-refractivity contribution in [2.45, 2.75) is 38.9 Å². The molecule has 4 heterocycles. The fraction of sp³-hybridized carbons (Fsp3) is 0.500. The number of amidine groups is 1. The minimum Gasteiger partial charge on any atom is -0.295 e. The Balaban J connectivity index is 1.39. The number of benzene rings is 1. The third-order valence-corrected chi connectivity index (χ3v) is 6.82. The van der Waals surface area contributed by atoms with Gasteiger partial charge in [-0.1, -0.05) is 29.3 Å². The van der Waals surface area contributed by atoms with Crippen molar-refractivity contribution < 1.29 is 14.2 Å². The van der Waals surface area contributed by atoms with Gasteiger partial charge in [-0.2, -0.15) is 0 Å². The summed E-state index contributed by atoms with van der Waals surface area (Å²) in [5.74, 6) is 0.890.